The molecule has 0 spiro atoms. The molecule has 6 nitrogen and oxygen atoms in total. The molecule has 1 aliphatic carbocycles. The number of anilines is 1. The molecule has 0 bridgehead atoms. The zero-order chi connectivity index (χ0) is 24.9. The minimum absolute atomic E-state index is 0.00997. The Morgan fingerprint density at radius 2 is 1.91 bits per heavy atom. The van der Waals surface area contributed by atoms with Crippen LogP contribution < -0.4 is 15.4 Å². The van der Waals surface area contributed by atoms with E-state index >= 15 is 0 Å². The van der Waals surface area contributed by atoms with E-state index in [9.17, 15) is 10.1 Å². The molecule has 1 atom stereocenters. The molecule has 35 heavy (non-hydrogen) atoms. The van der Waals surface area contributed by atoms with E-state index in [2.05, 4.69) is 24.9 Å². The highest BCUT2D eigenvalue weighted by atomic mass is 35.5. The van der Waals surface area contributed by atoms with Gasteiger partial charge >= 0.3 is 0 Å². The van der Waals surface area contributed by atoms with E-state index in [0.717, 1.165) is 16.8 Å². The average Bonchev–Trinajstić information content (AvgIpc) is 2.82. The number of hydrogen-bond donors (Lipinski definition) is 1. The van der Waals surface area contributed by atoms with Gasteiger partial charge in [0.15, 0.2) is 5.78 Å². The first kappa shape index (κ1) is 22.9. The summed E-state index contributed by atoms with van der Waals surface area (Å²) in [5.74, 6) is 0.269. The molecule has 1 aliphatic heterocycles. The quantitative estimate of drug-likeness (QED) is 0.469. The lowest BCUT2D eigenvalue weighted by molar-refractivity contribution is -0.118. The van der Waals surface area contributed by atoms with Crippen LogP contribution in [0.3, 0.4) is 0 Å². The molecular weight excluding hydrogens is 460 g/mol. The van der Waals surface area contributed by atoms with Crippen LogP contribution >= 0.6 is 11.6 Å². The first-order valence-electron chi connectivity index (χ1n) is 11.4. The van der Waals surface area contributed by atoms with E-state index in [-0.39, 0.29) is 21.9 Å². The number of aromatic nitrogens is 1. The fourth-order valence-electron chi connectivity index (χ4n) is 5.17. The fraction of sp³-hybridized carbons (Fsp3) is 0.250. The molecule has 0 radical (unpaired) electrons. The molecule has 1 unspecified atom stereocenters. The van der Waals surface area contributed by atoms with Crippen LogP contribution in [0.2, 0.25) is 5.15 Å². The zero-order valence-electron chi connectivity index (χ0n) is 19.8. The normalized spacial score (nSPS) is 19.6. The summed E-state index contributed by atoms with van der Waals surface area (Å²) in [5.41, 5.74) is 10.2. The highest BCUT2D eigenvalue weighted by Gasteiger charge is 2.45. The molecule has 2 N–H and O–H groups in total. The Morgan fingerprint density at radius 3 is 2.60 bits per heavy atom. The van der Waals surface area contributed by atoms with Crippen molar-refractivity contribution in [3.05, 3.63) is 88.0 Å². The maximum atomic E-state index is 13.7. The number of halogens is 1. The molecule has 7 heteroatoms. The van der Waals surface area contributed by atoms with Gasteiger partial charge in [-0.15, -0.1) is 0 Å². The molecular formula is C28H25ClN4O2. The van der Waals surface area contributed by atoms with Crippen LogP contribution in [0.4, 0.5) is 5.69 Å². The standard InChI is InChI=1S/C28H25ClN4O2/c1-28(2)13-22-25(23(34)14-28)24(20(15-30)27(31)33(22)17-7-5-4-6-8-17)19-12-16-11-18(35-3)9-10-21(16)32-26(19)29/h4-12,24H,13-14,31H2,1-3H3. The van der Waals surface area contributed by atoms with Gasteiger partial charge < -0.3 is 10.5 Å². The number of methoxy groups -OCH3 is 1. The first-order valence-corrected chi connectivity index (χ1v) is 11.8. The van der Waals surface area contributed by atoms with E-state index in [1.165, 1.54) is 0 Å². The number of allylic oxidation sites excluding steroid dienone is 3. The van der Waals surface area contributed by atoms with Gasteiger partial charge in [0.25, 0.3) is 0 Å². The molecule has 0 saturated heterocycles. The Labute approximate surface area is 209 Å². The SMILES string of the molecule is COc1ccc2nc(Cl)c(C3C(C#N)=C(N)N(c4ccccc4)C4=C3C(=O)CC(C)(C)C4)cc2c1. The van der Waals surface area contributed by atoms with Crippen molar-refractivity contribution in [3.8, 4) is 11.8 Å². The molecule has 176 valence electrons. The van der Waals surface area contributed by atoms with Crippen LogP contribution in [0.25, 0.3) is 10.9 Å². The number of carbonyl (C=O) groups is 1. The minimum Gasteiger partial charge on any atom is -0.497 e. The number of para-hydroxylation sites is 1. The molecule has 0 saturated carbocycles. The van der Waals surface area contributed by atoms with E-state index in [1.807, 2.05) is 59.5 Å². The van der Waals surface area contributed by atoms with Gasteiger partial charge in [-0.1, -0.05) is 43.6 Å². The number of hydrogen-bond acceptors (Lipinski definition) is 6. The van der Waals surface area contributed by atoms with E-state index in [1.54, 1.807) is 7.11 Å². The molecule has 2 aromatic carbocycles. The number of nitriles is 1. The molecule has 5 rings (SSSR count). The van der Waals surface area contributed by atoms with Crippen molar-refractivity contribution < 1.29 is 9.53 Å². The third-order valence-corrected chi connectivity index (χ3v) is 7.01. The van der Waals surface area contributed by atoms with E-state index < -0.39 is 5.92 Å². The predicted octanol–water partition coefficient (Wildman–Crippen LogP) is 5.84. The third-order valence-electron chi connectivity index (χ3n) is 6.71. The van der Waals surface area contributed by atoms with Crippen molar-refractivity contribution in [2.24, 2.45) is 11.1 Å². The van der Waals surface area contributed by atoms with Gasteiger partial charge in [0.05, 0.1) is 30.2 Å². The van der Waals surface area contributed by atoms with E-state index in [0.29, 0.717) is 41.1 Å². The van der Waals surface area contributed by atoms with Crippen LogP contribution in [0.1, 0.15) is 38.2 Å². The van der Waals surface area contributed by atoms with Gasteiger partial charge in [0.2, 0.25) is 0 Å². The summed E-state index contributed by atoms with van der Waals surface area (Å²) in [6, 6.07) is 19.3. The predicted molar refractivity (Wildman–Crippen MR) is 137 cm³/mol. The second kappa shape index (κ2) is 8.44. The first-order chi connectivity index (χ1) is 16.7. The smallest absolute Gasteiger partial charge is 0.162 e. The van der Waals surface area contributed by atoms with Crippen LogP contribution in [-0.2, 0) is 4.79 Å². The number of ketones is 1. The van der Waals surface area contributed by atoms with Gasteiger partial charge in [-0.2, -0.15) is 5.26 Å². The van der Waals surface area contributed by atoms with Crippen molar-refractivity contribution in [1.29, 1.82) is 5.26 Å². The van der Waals surface area contributed by atoms with Crippen molar-refractivity contribution in [1.82, 2.24) is 4.98 Å². The van der Waals surface area contributed by atoms with Crippen molar-refractivity contribution in [3.63, 3.8) is 0 Å². The van der Waals surface area contributed by atoms with Gasteiger partial charge in [-0.05, 0) is 48.2 Å². The van der Waals surface area contributed by atoms with E-state index in [4.69, 9.17) is 22.1 Å². The fourth-order valence-corrected chi connectivity index (χ4v) is 5.42. The Morgan fingerprint density at radius 1 is 1.17 bits per heavy atom. The lowest BCUT2D eigenvalue weighted by atomic mass is 9.68. The number of fused-ring (bicyclic) bond motifs is 1. The summed E-state index contributed by atoms with van der Waals surface area (Å²) in [6.45, 7) is 4.15. The van der Waals surface area contributed by atoms with Gasteiger partial charge in [-0.25, -0.2) is 4.98 Å². The van der Waals surface area contributed by atoms with Crippen molar-refractivity contribution in [2.75, 3.05) is 12.0 Å². The number of benzene rings is 2. The largest absolute Gasteiger partial charge is 0.497 e. The monoisotopic (exact) mass is 484 g/mol. The molecule has 0 fully saturated rings. The summed E-state index contributed by atoms with van der Waals surface area (Å²) >= 11 is 6.71. The minimum atomic E-state index is -0.700. The highest BCUT2D eigenvalue weighted by molar-refractivity contribution is 6.31. The molecule has 2 aliphatic rings. The molecule has 1 aromatic heterocycles. The zero-order valence-corrected chi connectivity index (χ0v) is 20.6. The summed E-state index contributed by atoms with van der Waals surface area (Å²) in [4.78, 5) is 20.1. The number of nitrogens with zero attached hydrogens (tertiary/aromatic N) is 3. The summed E-state index contributed by atoms with van der Waals surface area (Å²) in [6.07, 6.45) is 1.00. The van der Waals surface area contributed by atoms with Crippen molar-refractivity contribution in [2.45, 2.75) is 32.6 Å². The third kappa shape index (κ3) is 3.82. The summed E-state index contributed by atoms with van der Waals surface area (Å²) < 4.78 is 5.37. The second-order valence-corrected chi connectivity index (χ2v) is 10.1. The number of pyridine rings is 1. The van der Waals surface area contributed by atoms with Gasteiger partial charge in [-0.3, -0.25) is 9.69 Å². The highest BCUT2D eigenvalue weighted by Crippen LogP contribution is 2.51. The topological polar surface area (TPSA) is 92.2 Å². The van der Waals surface area contributed by atoms with Crippen molar-refractivity contribution >= 4 is 34.0 Å². The Balaban J connectivity index is 1.80. The van der Waals surface area contributed by atoms with Crippen LogP contribution in [-0.4, -0.2) is 17.9 Å². The number of carbonyl (C=O) groups excluding carboxylic acids is 1. The lowest BCUT2D eigenvalue weighted by Gasteiger charge is -2.43. The number of nitrogens with two attached hydrogens (primary N) is 1. The van der Waals surface area contributed by atoms with Gasteiger partial charge in [0, 0.05) is 34.3 Å². The molecule has 0 amide bonds. The second-order valence-electron chi connectivity index (χ2n) is 9.74. The number of Topliss-reactive ketones (excluding diaryl/α,β-unsaturated/α-hetero) is 1. The lowest BCUT2D eigenvalue weighted by Crippen LogP contribution is -2.42. The maximum Gasteiger partial charge on any atom is 0.162 e. The molecule has 3 aromatic rings. The Bertz CT molecular complexity index is 1470. The summed E-state index contributed by atoms with van der Waals surface area (Å²) in [5, 5.41) is 11.3. The van der Waals surface area contributed by atoms with Crippen LogP contribution in [0, 0.1) is 16.7 Å². The van der Waals surface area contributed by atoms with Crippen LogP contribution in [0.5, 0.6) is 5.75 Å². The van der Waals surface area contributed by atoms with Crippen LogP contribution in [0.15, 0.2) is 77.3 Å². The Hall–Kier alpha value is -3.82. The maximum absolute atomic E-state index is 13.7. The molecule has 2 heterocycles. The number of rotatable bonds is 3. The van der Waals surface area contributed by atoms with Gasteiger partial charge in [0.1, 0.15) is 16.7 Å². The average molecular weight is 485 g/mol. The number of ether oxygens (including phenoxy) is 1. The summed E-state index contributed by atoms with van der Waals surface area (Å²) in [7, 11) is 1.60. The Kier molecular flexibility index (Phi) is 5.53.